The molecular weight excluding hydrogens is 443 g/mol. The van der Waals surface area contributed by atoms with Crippen molar-refractivity contribution in [1.29, 1.82) is 5.26 Å². The molecule has 4 aromatic rings. The van der Waals surface area contributed by atoms with Crippen LogP contribution >= 0.6 is 33.9 Å². The fourth-order valence-corrected chi connectivity index (χ4v) is 3.76. The van der Waals surface area contributed by atoms with E-state index in [9.17, 15) is 5.26 Å². The molecule has 2 heterocycles. The smallest absolute Gasteiger partial charge is 0.135 e. The van der Waals surface area contributed by atoms with Gasteiger partial charge in [-0.05, 0) is 59.0 Å². The van der Waals surface area contributed by atoms with Gasteiger partial charge in [0.05, 0.1) is 15.8 Å². The number of nitriles is 1. The summed E-state index contributed by atoms with van der Waals surface area (Å²) in [6, 6.07) is 22.0. The van der Waals surface area contributed by atoms with Gasteiger partial charge in [0.15, 0.2) is 0 Å². The van der Waals surface area contributed by atoms with Crippen LogP contribution in [0.2, 0.25) is 0 Å². The lowest BCUT2D eigenvalue weighted by atomic mass is 10.2. The number of halogens is 1. The first-order valence-corrected chi connectivity index (χ1v) is 9.46. The molecule has 0 saturated heterocycles. The zero-order chi connectivity index (χ0) is 17.2. The Morgan fingerprint density at radius 1 is 1.08 bits per heavy atom. The van der Waals surface area contributed by atoms with E-state index in [-0.39, 0.29) is 0 Å². The second-order valence-electron chi connectivity index (χ2n) is 5.37. The zero-order valence-corrected chi connectivity index (χ0v) is 15.9. The highest BCUT2D eigenvalue weighted by Gasteiger charge is 2.10. The largest absolute Gasteiger partial charge is 0.457 e. The molecule has 0 aliphatic heterocycles. The maximum Gasteiger partial charge on any atom is 0.135 e. The van der Waals surface area contributed by atoms with Crippen LogP contribution in [0.15, 0.2) is 65.1 Å². The summed E-state index contributed by atoms with van der Waals surface area (Å²) in [5.74, 6) is 1.42. The van der Waals surface area contributed by atoms with Crippen LogP contribution in [-0.2, 0) is 0 Å². The van der Waals surface area contributed by atoms with Crippen molar-refractivity contribution in [2.45, 2.75) is 0 Å². The molecule has 0 fully saturated rings. The predicted molar refractivity (Wildman–Crippen MR) is 110 cm³/mol. The molecule has 120 valence electrons. The highest BCUT2D eigenvalue weighted by Crippen LogP contribution is 2.29. The van der Waals surface area contributed by atoms with Crippen molar-refractivity contribution < 1.29 is 4.42 Å². The van der Waals surface area contributed by atoms with Gasteiger partial charge in [0.1, 0.15) is 22.6 Å². The molecule has 0 bridgehead atoms. The maximum atomic E-state index is 9.53. The lowest BCUT2D eigenvalue weighted by Gasteiger charge is -1.97. The van der Waals surface area contributed by atoms with Crippen molar-refractivity contribution in [3.8, 4) is 17.4 Å². The topological polar surface area (TPSA) is 49.8 Å². The number of aromatic nitrogens is 1. The van der Waals surface area contributed by atoms with Crippen LogP contribution in [0.5, 0.6) is 0 Å². The number of allylic oxidation sites excluding steroid dienone is 1. The minimum Gasteiger partial charge on any atom is -0.457 e. The van der Waals surface area contributed by atoms with Gasteiger partial charge in [-0.25, -0.2) is 4.98 Å². The van der Waals surface area contributed by atoms with Crippen molar-refractivity contribution in [2.24, 2.45) is 0 Å². The van der Waals surface area contributed by atoms with Crippen molar-refractivity contribution in [2.75, 3.05) is 0 Å². The number of benzene rings is 2. The van der Waals surface area contributed by atoms with Gasteiger partial charge < -0.3 is 4.42 Å². The summed E-state index contributed by atoms with van der Waals surface area (Å²) in [7, 11) is 0. The third-order valence-electron chi connectivity index (χ3n) is 3.69. The van der Waals surface area contributed by atoms with Crippen molar-refractivity contribution in [3.05, 3.63) is 75.0 Å². The van der Waals surface area contributed by atoms with E-state index in [2.05, 4.69) is 33.6 Å². The number of furan rings is 1. The molecule has 0 saturated carbocycles. The number of fused-ring (bicyclic) bond motifs is 1. The van der Waals surface area contributed by atoms with Gasteiger partial charge in [-0.1, -0.05) is 24.3 Å². The second-order valence-corrected chi connectivity index (χ2v) is 7.64. The highest BCUT2D eigenvalue weighted by molar-refractivity contribution is 14.1. The van der Waals surface area contributed by atoms with Gasteiger partial charge in [0, 0.05) is 15.2 Å². The van der Waals surface area contributed by atoms with Crippen LogP contribution < -0.4 is 0 Å². The molecule has 0 amide bonds. The van der Waals surface area contributed by atoms with Crippen LogP contribution in [0.4, 0.5) is 0 Å². The molecule has 0 atom stereocenters. The molecule has 0 radical (unpaired) electrons. The zero-order valence-electron chi connectivity index (χ0n) is 12.9. The summed E-state index contributed by atoms with van der Waals surface area (Å²) in [4.78, 5) is 4.54. The molecule has 3 nitrogen and oxygen atoms in total. The van der Waals surface area contributed by atoms with Gasteiger partial charge in [-0.15, -0.1) is 11.3 Å². The Kier molecular flexibility index (Phi) is 4.38. The van der Waals surface area contributed by atoms with Gasteiger partial charge >= 0.3 is 0 Å². The summed E-state index contributed by atoms with van der Waals surface area (Å²) < 4.78 is 8.13. The molecule has 0 aliphatic rings. The van der Waals surface area contributed by atoms with Gasteiger partial charge in [-0.3, -0.25) is 0 Å². The Morgan fingerprint density at radius 2 is 1.88 bits per heavy atom. The molecule has 0 N–H and O–H groups in total. The number of thiazole rings is 1. The molecule has 0 spiro atoms. The molecule has 0 unspecified atom stereocenters. The van der Waals surface area contributed by atoms with Crippen LogP contribution in [0.1, 0.15) is 10.8 Å². The first kappa shape index (κ1) is 16.1. The van der Waals surface area contributed by atoms with Crippen LogP contribution in [0, 0.1) is 14.9 Å². The summed E-state index contributed by atoms with van der Waals surface area (Å²) in [6.07, 6.45) is 1.74. The van der Waals surface area contributed by atoms with Gasteiger partial charge in [0.25, 0.3) is 0 Å². The Bertz CT molecular complexity index is 1080. The number of hydrogen-bond acceptors (Lipinski definition) is 4. The molecule has 0 aliphatic carbocycles. The maximum absolute atomic E-state index is 9.53. The van der Waals surface area contributed by atoms with Crippen molar-refractivity contribution in [1.82, 2.24) is 4.98 Å². The predicted octanol–water partition coefficient (Wildman–Crippen LogP) is 6.23. The van der Waals surface area contributed by atoms with Crippen molar-refractivity contribution in [3.63, 3.8) is 0 Å². The minimum absolute atomic E-state index is 0.504. The first-order valence-electron chi connectivity index (χ1n) is 7.56. The average molecular weight is 454 g/mol. The lowest BCUT2D eigenvalue weighted by molar-refractivity contribution is 0.572. The third kappa shape index (κ3) is 3.36. The van der Waals surface area contributed by atoms with E-state index in [0.29, 0.717) is 16.3 Å². The van der Waals surface area contributed by atoms with Crippen LogP contribution in [0.3, 0.4) is 0 Å². The quantitative estimate of drug-likeness (QED) is 0.273. The second kappa shape index (κ2) is 6.82. The lowest BCUT2D eigenvalue weighted by Crippen LogP contribution is -1.79. The summed E-state index contributed by atoms with van der Waals surface area (Å²) in [6.45, 7) is 0. The van der Waals surface area contributed by atoms with Gasteiger partial charge in [-0.2, -0.15) is 5.26 Å². The van der Waals surface area contributed by atoms with E-state index in [1.807, 2.05) is 60.7 Å². The number of rotatable bonds is 3. The SMILES string of the molecule is N#C/C(=C/c1ccc(-c2ccc(I)cc2)o1)c1nc2ccccc2s1. The fourth-order valence-electron chi connectivity index (χ4n) is 2.47. The Hall–Kier alpha value is -2.43. The molecule has 2 aromatic heterocycles. The van der Waals surface area contributed by atoms with E-state index < -0.39 is 0 Å². The minimum atomic E-state index is 0.504. The molecule has 2 aromatic carbocycles. The van der Waals surface area contributed by atoms with E-state index in [1.165, 1.54) is 14.9 Å². The monoisotopic (exact) mass is 454 g/mol. The van der Waals surface area contributed by atoms with Crippen LogP contribution in [-0.4, -0.2) is 4.98 Å². The summed E-state index contributed by atoms with van der Waals surface area (Å²) in [5, 5.41) is 10.2. The van der Waals surface area contributed by atoms with Crippen molar-refractivity contribution >= 4 is 55.8 Å². The summed E-state index contributed by atoms with van der Waals surface area (Å²) in [5.41, 5.74) is 2.42. The van der Waals surface area contributed by atoms with Gasteiger partial charge in [0.2, 0.25) is 0 Å². The standard InChI is InChI=1S/C20H11IN2OS/c21-15-7-5-13(6-8-15)18-10-9-16(24-18)11-14(12-22)20-23-17-3-1-2-4-19(17)25-20/h1-11H/b14-11-. The van der Waals surface area contributed by atoms with E-state index in [0.717, 1.165) is 21.5 Å². The Morgan fingerprint density at radius 3 is 2.64 bits per heavy atom. The normalized spacial score (nSPS) is 11.6. The first-order chi connectivity index (χ1) is 12.2. The van der Waals surface area contributed by atoms with E-state index in [1.54, 1.807) is 6.08 Å². The van der Waals surface area contributed by atoms with E-state index >= 15 is 0 Å². The molecule has 5 heteroatoms. The van der Waals surface area contributed by atoms with E-state index in [4.69, 9.17) is 4.42 Å². The molecular formula is C20H11IN2OS. The Balaban J connectivity index is 1.69. The average Bonchev–Trinajstić information content (AvgIpc) is 3.27. The number of para-hydroxylation sites is 1. The molecule has 4 rings (SSSR count). The van der Waals surface area contributed by atoms with Crippen LogP contribution in [0.25, 0.3) is 33.2 Å². The highest BCUT2D eigenvalue weighted by atomic mass is 127. The third-order valence-corrected chi connectivity index (χ3v) is 5.48. The summed E-state index contributed by atoms with van der Waals surface area (Å²) >= 11 is 3.78. The molecule has 25 heavy (non-hydrogen) atoms. The fraction of sp³-hybridized carbons (Fsp3) is 0. The number of nitrogens with zero attached hydrogens (tertiary/aromatic N) is 2. The number of hydrogen-bond donors (Lipinski definition) is 0. The Labute approximate surface area is 162 Å².